The van der Waals surface area contributed by atoms with E-state index in [0.29, 0.717) is 58.6 Å². The first-order valence-electron chi connectivity index (χ1n) is 9.94. The second-order valence-electron chi connectivity index (χ2n) is 6.89. The van der Waals surface area contributed by atoms with Crippen LogP contribution >= 0.6 is 11.3 Å². The van der Waals surface area contributed by atoms with Crippen molar-refractivity contribution in [1.82, 2.24) is 20.2 Å². The van der Waals surface area contributed by atoms with Crippen LogP contribution < -0.4 is 20.5 Å². The Kier molecular flexibility index (Phi) is 6.41. The van der Waals surface area contributed by atoms with E-state index >= 15 is 0 Å². The molecule has 0 atom stereocenters. The van der Waals surface area contributed by atoms with Crippen molar-refractivity contribution in [2.45, 2.75) is 12.8 Å². The van der Waals surface area contributed by atoms with E-state index in [1.54, 1.807) is 26.4 Å². The Labute approximate surface area is 188 Å². The maximum Gasteiger partial charge on any atom is 0.225 e. The number of nitrogen functional groups attached to an aromatic ring is 1. The van der Waals surface area contributed by atoms with Crippen LogP contribution in [0.15, 0.2) is 42.5 Å². The van der Waals surface area contributed by atoms with Crippen molar-refractivity contribution >= 4 is 39.8 Å². The van der Waals surface area contributed by atoms with Crippen molar-refractivity contribution in [2.24, 2.45) is 0 Å². The number of benzene rings is 2. The van der Waals surface area contributed by atoms with E-state index in [0.717, 1.165) is 10.6 Å². The Hall–Kier alpha value is -3.79. The molecule has 2 aromatic carbocycles. The minimum Gasteiger partial charge on any atom is -0.493 e. The maximum atomic E-state index is 12.5. The summed E-state index contributed by atoms with van der Waals surface area (Å²) < 4.78 is 10.6. The Morgan fingerprint density at radius 2 is 1.81 bits per heavy atom. The van der Waals surface area contributed by atoms with Crippen LogP contribution in [0.3, 0.4) is 0 Å². The van der Waals surface area contributed by atoms with Gasteiger partial charge >= 0.3 is 0 Å². The number of Topliss-reactive ketones (excluding diaryl/α,β-unsaturated/α-hetero) is 1. The molecule has 0 bridgehead atoms. The highest BCUT2D eigenvalue weighted by Crippen LogP contribution is 2.33. The summed E-state index contributed by atoms with van der Waals surface area (Å²) in [6.07, 6.45) is 0.927. The standard InChI is InChI=1S/C22H22N6O3S/c1-30-17-11-14-15(12-18(17)31-2)25-22(26-19(14)23)24-10-6-9-16(29)21-28-27-20(32-21)13-7-4-3-5-8-13/h3-5,7-8,11-12H,6,9-10H2,1-2H3,(H3,23,24,25,26). The molecule has 0 aliphatic heterocycles. The third kappa shape index (κ3) is 4.59. The first kappa shape index (κ1) is 21.4. The average molecular weight is 451 g/mol. The van der Waals surface area contributed by atoms with Gasteiger partial charge in [-0.05, 0) is 12.5 Å². The van der Waals surface area contributed by atoms with Gasteiger partial charge in [-0.25, -0.2) is 4.98 Å². The second kappa shape index (κ2) is 9.56. The smallest absolute Gasteiger partial charge is 0.225 e. The summed E-state index contributed by atoms with van der Waals surface area (Å²) in [6.45, 7) is 0.508. The zero-order chi connectivity index (χ0) is 22.5. The van der Waals surface area contributed by atoms with Gasteiger partial charge < -0.3 is 20.5 Å². The van der Waals surface area contributed by atoms with Crippen LogP contribution in [0, 0.1) is 0 Å². The molecule has 0 saturated carbocycles. The number of methoxy groups -OCH3 is 2. The van der Waals surface area contributed by atoms with E-state index < -0.39 is 0 Å². The monoisotopic (exact) mass is 450 g/mol. The van der Waals surface area contributed by atoms with E-state index in [-0.39, 0.29) is 5.78 Å². The second-order valence-corrected chi connectivity index (χ2v) is 7.87. The number of ether oxygens (including phenoxy) is 2. The Bertz CT molecular complexity index is 1250. The van der Waals surface area contributed by atoms with Gasteiger partial charge in [0.05, 0.1) is 19.7 Å². The Morgan fingerprint density at radius 1 is 1.06 bits per heavy atom. The van der Waals surface area contributed by atoms with Crippen molar-refractivity contribution in [3.63, 3.8) is 0 Å². The summed E-state index contributed by atoms with van der Waals surface area (Å²) >= 11 is 1.30. The van der Waals surface area contributed by atoms with Gasteiger partial charge in [0.25, 0.3) is 0 Å². The number of hydrogen-bond donors (Lipinski definition) is 2. The number of hydrogen-bond acceptors (Lipinski definition) is 10. The van der Waals surface area contributed by atoms with E-state index in [2.05, 4.69) is 25.5 Å². The Morgan fingerprint density at radius 3 is 2.56 bits per heavy atom. The van der Waals surface area contributed by atoms with Crippen LogP contribution in [-0.4, -0.2) is 46.7 Å². The fourth-order valence-electron chi connectivity index (χ4n) is 3.15. The molecule has 32 heavy (non-hydrogen) atoms. The van der Waals surface area contributed by atoms with Gasteiger partial charge in [0, 0.05) is 30.0 Å². The third-order valence-corrected chi connectivity index (χ3v) is 5.79. The van der Waals surface area contributed by atoms with Gasteiger partial charge in [-0.3, -0.25) is 4.79 Å². The molecule has 0 unspecified atom stereocenters. The van der Waals surface area contributed by atoms with Crippen LogP contribution in [0.25, 0.3) is 21.5 Å². The summed E-state index contributed by atoms with van der Waals surface area (Å²) in [7, 11) is 3.12. The van der Waals surface area contributed by atoms with E-state index in [1.807, 2.05) is 30.3 Å². The van der Waals surface area contributed by atoms with Gasteiger partial charge in [0.15, 0.2) is 22.3 Å². The molecule has 9 nitrogen and oxygen atoms in total. The SMILES string of the molecule is COc1cc2nc(NCCCC(=O)c3nnc(-c4ccccc4)s3)nc(N)c2cc1OC. The number of fused-ring (bicyclic) bond motifs is 1. The molecule has 0 radical (unpaired) electrons. The predicted octanol–water partition coefficient (Wildman–Crippen LogP) is 3.82. The van der Waals surface area contributed by atoms with Crippen molar-refractivity contribution in [2.75, 3.05) is 31.8 Å². The van der Waals surface area contributed by atoms with Crippen LogP contribution in [0.2, 0.25) is 0 Å². The normalized spacial score (nSPS) is 10.8. The lowest BCUT2D eigenvalue weighted by Gasteiger charge is -2.11. The quantitative estimate of drug-likeness (QED) is 0.289. The van der Waals surface area contributed by atoms with Gasteiger partial charge in [0.2, 0.25) is 5.95 Å². The number of nitrogens with zero attached hydrogens (tertiary/aromatic N) is 4. The molecule has 10 heteroatoms. The molecule has 0 saturated heterocycles. The van der Waals surface area contributed by atoms with Gasteiger partial charge in [-0.1, -0.05) is 41.7 Å². The molecule has 0 aliphatic rings. The van der Waals surface area contributed by atoms with Gasteiger partial charge in [0.1, 0.15) is 10.8 Å². The van der Waals surface area contributed by atoms with Crippen molar-refractivity contribution in [3.05, 3.63) is 47.5 Å². The van der Waals surface area contributed by atoms with Crippen LogP contribution in [0.5, 0.6) is 11.5 Å². The molecule has 4 rings (SSSR count). The zero-order valence-electron chi connectivity index (χ0n) is 17.7. The molecule has 2 heterocycles. The minimum absolute atomic E-state index is 0.0396. The maximum absolute atomic E-state index is 12.5. The lowest BCUT2D eigenvalue weighted by atomic mass is 10.2. The zero-order valence-corrected chi connectivity index (χ0v) is 18.5. The lowest BCUT2D eigenvalue weighted by Crippen LogP contribution is -2.09. The van der Waals surface area contributed by atoms with Crippen LogP contribution in [0.4, 0.5) is 11.8 Å². The van der Waals surface area contributed by atoms with E-state index in [1.165, 1.54) is 11.3 Å². The number of ketones is 1. The highest BCUT2D eigenvalue weighted by atomic mass is 32.1. The van der Waals surface area contributed by atoms with Crippen molar-refractivity contribution in [3.8, 4) is 22.1 Å². The highest BCUT2D eigenvalue weighted by Gasteiger charge is 2.14. The summed E-state index contributed by atoms with van der Waals surface area (Å²) in [6, 6.07) is 13.2. The largest absolute Gasteiger partial charge is 0.493 e. The summed E-state index contributed by atoms with van der Waals surface area (Å²) in [5.41, 5.74) is 7.68. The van der Waals surface area contributed by atoms with Crippen molar-refractivity contribution < 1.29 is 14.3 Å². The molecule has 4 aromatic rings. The first-order valence-corrected chi connectivity index (χ1v) is 10.8. The molecular formula is C22H22N6O3S. The molecule has 0 aliphatic carbocycles. The fraction of sp³-hybridized carbons (Fsp3) is 0.227. The van der Waals surface area contributed by atoms with Crippen LogP contribution in [-0.2, 0) is 0 Å². The molecule has 2 aromatic heterocycles. The first-order chi connectivity index (χ1) is 15.6. The molecular weight excluding hydrogens is 428 g/mol. The topological polar surface area (TPSA) is 125 Å². The lowest BCUT2D eigenvalue weighted by molar-refractivity contribution is 0.0980. The number of rotatable bonds is 9. The average Bonchev–Trinajstić information content (AvgIpc) is 3.32. The molecule has 3 N–H and O–H groups in total. The summed E-state index contributed by atoms with van der Waals surface area (Å²) in [4.78, 5) is 21.3. The van der Waals surface area contributed by atoms with Crippen molar-refractivity contribution in [1.29, 1.82) is 0 Å². The number of aromatic nitrogens is 4. The predicted molar refractivity (Wildman–Crippen MR) is 124 cm³/mol. The third-order valence-electron chi connectivity index (χ3n) is 4.78. The van der Waals surface area contributed by atoms with E-state index in [4.69, 9.17) is 15.2 Å². The molecule has 164 valence electrons. The summed E-state index contributed by atoms with van der Waals surface area (Å²) in [5.74, 6) is 1.79. The van der Waals surface area contributed by atoms with Gasteiger partial charge in [-0.2, -0.15) is 4.98 Å². The summed E-state index contributed by atoms with van der Waals surface area (Å²) in [5, 5.41) is 13.1. The fourth-order valence-corrected chi connectivity index (χ4v) is 3.96. The number of carbonyl (C=O) groups excluding carboxylic acids is 1. The Balaban J connectivity index is 1.36. The molecule has 0 amide bonds. The molecule has 0 spiro atoms. The minimum atomic E-state index is -0.0396. The van der Waals surface area contributed by atoms with Crippen LogP contribution in [0.1, 0.15) is 22.6 Å². The molecule has 0 fully saturated rings. The highest BCUT2D eigenvalue weighted by molar-refractivity contribution is 7.16. The number of nitrogens with two attached hydrogens (primary N) is 1. The number of nitrogens with one attached hydrogen (secondary N) is 1. The van der Waals surface area contributed by atoms with Gasteiger partial charge in [-0.15, -0.1) is 10.2 Å². The number of carbonyl (C=O) groups is 1. The van der Waals surface area contributed by atoms with E-state index in [9.17, 15) is 4.79 Å². The number of anilines is 2.